The van der Waals surface area contributed by atoms with Gasteiger partial charge < -0.3 is 24.4 Å². The highest BCUT2D eigenvalue weighted by Gasteiger charge is 2.67. The number of aliphatic hydroxyl groups excluding tert-OH is 1. The SMILES string of the molecule is COc1cccc(CN2C[C@]34C=C[C@H](O3)[C@@H](C(=O)N3CC(O)C3)[C@H]4C2=O)c1. The summed E-state index contributed by atoms with van der Waals surface area (Å²) >= 11 is 0. The average molecular weight is 370 g/mol. The van der Waals surface area contributed by atoms with Gasteiger partial charge in [0.05, 0.1) is 37.7 Å². The number of likely N-dealkylation sites (tertiary alicyclic amines) is 2. The molecule has 1 aromatic rings. The van der Waals surface area contributed by atoms with Crippen molar-refractivity contribution in [3.63, 3.8) is 0 Å². The third kappa shape index (κ3) is 2.41. The fraction of sp³-hybridized carbons (Fsp3) is 0.500. The molecular weight excluding hydrogens is 348 g/mol. The Morgan fingerprint density at radius 2 is 2.22 bits per heavy atom. The maximum Gasteiger partial charge on any atom is 0.230 e. The summed E-state index contributed by atoms with van der Waals surface area (Å²) in [5, 5.41) is 9.50. The minimum Gasteiger partial charge on any atom is -0.497 e. The van der Waals surface area contributed by atoms with Crippen molar-refractivity contribution in [1.82, 2.24) is 9.80 Å². The van der Waals surface area contributed by atoms with E-state index in [0.717, 1.165) is 11.3 Å². The molecule has 2 amide bonds. The quantitative estimate of drug-likeness (QED) is 0.765. The monoisotopic (exact) mass is 370 g/mol. The largest absolute Gasteiger partial charge is 0.497 e. The molecule has 27 heavy (non-hydrogen) atoms. The van der Waals surface area contributed by atoms with E-state index in [2.05, 4.69) is 0 Å². The van der Waals surface area contributed by atoms with Gasteiger partial charge >= 0.3 is 0 Å². The summed E-state index contributed by atoms with van der Waals surface area (Å²) < 4.78 is 11.4. The van der Waals surface area contributed by atoms with Crippen LogP contribution in [0, 0.1) is 11.8 Å². The highest BCUT2D eigenvalue weighted by molar-refractivity contribution is 5.93. The Morgan fingerprint density at radius 3 is 2.96 bits per heavy atom. The fourth-order valence-electron chi connectivity index (χ4n) is 4.83. The molecule has 0 radical (unpaired) electrons. The molecule has 5 rings (SSSR count). The Labute approximate surface area is 157 Å². The van der Waals surface area contributed by atoms with Crippen LogP contribution in [0.3, 0.4) is 0 Å². The van der Waals surface area contributed by atoms with Crippen LogP contribution in [-0.4, -0.2) is 71.3 Å². The smallest absolute Gasteiger partial charge is 0.230 e. The first-order valence-electron chi connectivity index (χ1n) is 9.26. The molecule has 1 aromatic carbocycles. The minimum atomic E-state index is -0.704. The van der Waals surface area contributed by atoms with Crippen LogP contribution in [0.15, 0.2) is 36.4 Å². The number of nitrogens with zero attached hydrogens (tertiary/aromatic N) is 2. The van der Waals surface area contributed by atoms with Crippen molar-refractivity contribution in [3.8, 4) is 5.75 Å². The summed E-state index contributed by atoms with van der Waals surface area (Å²) in [5.41, 5.74) is 0.274. The van der Waals surface area contributed by atoms with E-state index >= 15 is 0 Å². The second-order valence-electron chi connectivity index (χ2n) is 7.84. The highest BCUT2D eigenvalue weighted by Crippen LogP contribution is 2.52. The molecule has 3 fully saturated rings. The molecule has 4 heterocycles. The number of carbonyl (C=O) groups is 2. The van der Waals surface area contributed by atoms with Crippen molar-refractivity contribution in [2.45, 2.75) is 24.4 Å². The Hall–Kier alpha value is -2.38. The first kappa shape index (κ1) is 16.8. The normalized spacial score (nSPS) is 34.1. The maximum absolute atomic E-state index is 13.2. The van der Waals surface area contributed by atoms with Crippen LogP contribution in [0.25, 0.3) is 0 Å². The van der Waals surface area contributed by atoms with Crippen molar-refractivity contribution in [3.05, 3.63) is 42.0 Å². The zero-order valence-corrected chi connectivity index (χ0v) is 15.1. The number of hydrogen-bond donors (Lipinski definition) is 1. The van der Waals surface area contributed by atoms with Gasteiger partial charge in [-0.05, 0) is 17.7 Å². The second kappa shape index (κ2) is 5.81. The number of rotatable bonds is 4. The van der Waals surface area contributed by atoms with Crippen molar-refractivity contribution >= 4 is 11.8 Å². The van der Waals surface area contributed by atoms with E-state index in [1.54, 1.807) is 16.9 Å². The van der Waals surface area contributed by atoms with Gasteiger partial charge in [0.25, 0.3) is 0 Å². The van der Waals surface area contributed by atoms with Crippen molar-refractivity contribution < 1.29 is 24.2 Å². The first-order valence-corrected chi connectivity index (χ1v) is 9.26. The Kier molecular flexibility index (Phi) is 3.61. The van der Waals surface area contributed by atoms with Crippen molar-refractivity contribution in [2.24, 2.45) is 11.8 Å². The molecule has 7 heteroatoms. The van der Waals surface area contributed by atoms with E-state index in [1.807, 2.05) is 36.4 Å². The van der Waals surface area contributed by atoms with E-state index in [9.17, 15) is 14.7 Å². The predicted octanol–water partition coefficient (Wildman–Crippen LogP) is 0.180. The topological polar surface area (TPSA) is 79.3 Å². The summed E-state index contributed by atoms with van der Waals surface area (Å²) in [6, 6.07) is 7.64. The molecule has 1 spiro atoms. The van der Waals surface area contributed by atoms with Gasteiger partial charge in [-0.3, -0.25) is 9.59 Å². The number of aliphatic hydroxyl groups is 1. The second-order valence-corrected chi connectivity index (χ2v) is 7.84. The molecular formula is C20H22N2O5. The van der Waals surface area contributed by atoms with Gasteiger partial charge in [0, 0.05) is 19.6 Å². The number of hydrogen-bond acceptors (Lipinski definition) is 5. The number of carbonyl (C=O) groups excluding carboxylic acids is 2. The van der Waals surface area contributed by atoms with Gasteiger partial charge in [-0.2, -0.15) is 0 Å². The van der Waals surface area contributed by atoms with Crippen LogP contribution in [0.2, 0.25) is 0 Å². The third-order valence-electron chi connectivity index (χ3n) is 6.15. The molecule has 3 saturated heterocycles. The highest BCUT2D eigenvalue weighted by atomic mass is 16.5. The molecule has 2 bridgehead atoms. The van der Waals surface area contributed by atoms with Gasteiger partial charge in [0.15, 0.2) is 0 Å². The molecule has 0 saturated carbocycles. The van der Waals surface area contributed by atoms with Gasteiger partial charge in [0.1, 0.15) is 11.4 Å². The van der Waals surface area contributed by atoms with Crippen LogP contribution in [0.5, 0.6) is 5.75 Å². The lowest BCUT2D eigenvalue weighted by Gasteiger charge is -2.39. The molecule has 4 aliphatic rings. The Bertz CT molecular complexity index is 833. The van der Waals surface area contributed by atoms with Crippen LogP contribution >= 0.6 is 0 Å². The van der Waals surface area contributed by atoms with E-state index in [4.69, 9.17) is 9.47 Å². The Balaban J connectivity index is 1.38. The van der Waals surface area contributed by atoms with Crippen LogP contribution in [0.4, 0.5) is 0 Å². The summed E-state index contributed by atoms with van der Waals surface area (Å²) in [4.78, 5) is 29.5. The van der Waals surface area contributed by atoms with E-state index in [1.165, 1.54) is 0 Å². The van der Waals surface area contributed by atoms with Gasteiger partial charge in [-0.25, -0.2) is 0 Å². The van der Waals surface area contributed by atoms with Crippen molar-refractivity contribution in [1.29, 1.82) is 0 Å². The van der Waals surface area contributed by atoms with Gasteiger partial charge in [-0.1, -0.05) is 24.3 Å². The van der Waals surface area contributed by atoms with Gasteiger partial charge in [-0.15, -0.1) is 0 Å². The minimum absolute atomic E-state index is 0.0379. The standard InChI is InChI=1S/C20H22N2O5/c1-26-14-4-2-3-12(7-14)8-22-11-20-6-5-15(27-20)16(17(20)19(22)25)18(24)21-9-13(23)10-21/h2-7,13,15-17,23H,8-11H2,1H3/t15-,16+,17-,20-/m0/s1. The molecule has 0 aliphatic carbocycles. The Morgan fingerprint density at radius 1 is 1.41 bits per heavy atom. The van der Waals surface area contributed by atoms with Crippen LogP contribution in [0.1, 0.15) is 5.56 Å². The maximum atomic E-state index is 13.2. The first-order chi connectivity index (χ1) is 13.0. The van der Waals surface area contributed by atoms with Crippen LogP contribution in [-0.2, 0) is 20.9 Å². The number of amides is 2. The van der Waals surface area contributed by atoms with E-state index < -0.39 is 23.5 Å². The number of β-amino-alcohol motifs (C(OH)–C–C–N with tert-alkyl or cyclic N) is 1. The molecule has 1 N–H and O–H groups in total. The molecule has 0 aromatic heterocycles. The van der Waals surface area contributed by atoms with Gasteiger partial charge in [0.2, 0.25) is 11.8 Å². The number of ether oxygens (including phenoxy) is 2. The summed E-state index contributed by atoms with van der Waals surface area (Å²) in [5.74, 6) is -0.352. The molecule has 0 unspecified atom stereocenters. The molecule has 4 atom stereocenters. The van der Waals surface area contributed by atoms with E-state index in [0.29, 0.717) is 26.2 Å². The summed E-state index contributed by atoms with van der Waals surface area (Å²) in [6.45, 7) is 1.59. The van der Waals surface area contributed by atoms with E-state index in [-0.39, 0.29) is 17.9 Å². The average Bonchev–Trinajstić information content (AvgIpc) is 3.27. The number of benzene rings is 1. The zero-order chi connectivity index (χ0) is 18.8. The lowest BCUT2D eigenvalue weighted by Crippen LogP contribution is -2.57. The lowest BCUT2D eigenvalue weighted by molar-refractivity contribution is -0.151. The molecule has 4 aliphatic heterocycles. The summed E-state index contributed by atoms with van der Waals surface area (Å²) in [6.07, 6.45) is 3.07. The fourth-order valence-corrected chi connectivity index (χ4v) is 4.83. The zero-order valence-electron chi connectivity index (χ0n) is 15.1. The summed E-state index contributed by atoms with van der Waals surface area (Å²) in [7, 11) is 1.61. The number of methoxy groups -OCH3 is 1. The van der Waals surface area contributed by atoms with Crippen molar-refractivity contribution in [2.75, 3.05) is 26.7 Å². The molecule has 7 nitrogen and oxygen atoms in total. The molecule has 142 valence electrons. The third-order valence-corrected chi connectivity index (χ3v) is 6.15. The van der Waals surface area contributed by atoms with Crippen LogP contribution < -0.4 is 4.74 Å². The predicted molar refractivity (Wildman–Crippen MR) is 94.7 cm³/mol. The number of fused-ring (bicyclic) bond motifs is 1. The lowest BCUT2D eigenvalue weighted by atomic mass is 9.76.